The summed E-state index contributed by atoms with van der Waals surface area (Å²) in [6.45, 7) is 6.47. The largest absolute Gasteiger partial charge is 0.366 e. The van der Waals surface area contributed by atoms with E-state index in [1.807, 2.05) is 6.07 Å². The predicted molar refractivity (Wildman–Crippen MR) is 69.0 cm³/mol. The summed E-state index contributed by atoms with van der Waals surface area (Å²) in [5.41, 5.74) is 1.05. The standard InChI is InChI=1S/C12H20ClN3/c1-4-10-6-12(15-8-14-10)16-11(7-13)5-9(2)3/h6,8-9,11H,4-5,7H2,1-3H3,(H,14,15,16). The van der Waals surface area contributed by atoms with Crippen molar-refractivity contribution in [3.05, 3.63) is 18.1 Å². The third-order valence-corrected chi connectivity index (χ3v) is 2.75. The Labute approximate surface area is 103 Å². The maximum Gasteiger partial charge on any atom is 0.129 e. The van der Waals surface area contributed by atoms with Crippen LogP contribution in [0, 0.1) is 5.92 Å². The molecule has 1 rings (SSSR count). The van der Waals surface area contributed by atoms with E-state index in [4.69, 9.17) is 11.6 Å². The summed E-state index contributed by atoms with van der Waals surface area (Å²) in [7, 11) is 0. The highest BCUT2D eigenvalue weighted by Crippen LogP contribution is 2.12. The average molecular weight is 242 g/mol. The third-order valence-electron chi connectivity index (χ3n) is 2.38. The zero-order valence-corrected chi connectivity index (χ0v) is 11.0. The zero-order valence-electron chi connectivity index (χ0n) is 10.2. The lowest BCUT2D eigenvalue weighted by molar-refractivity contribution is 0.541. The summed E-state index contributed by atoms with van der Waals surface area (Å²) >= 11 is 5.93. The minimum Gasteiger partial charge on any atom is -0.366 e. The monoisotopic (exact) mass is 241 g/mol. The van der Waals surface area contributed by atoms with E-state index >= 15 is 0 Å². The summed E-state index contributed by atoms with van der Waals surface area (Å²) < 4.78 is 0. The first-order chi connectivity index (χ1) is 7.65. The molecule has 1 N–H and O–H groups in total. The van der Waals surface area contributed by atoms with Crippen molar-refractivity contribution in [1.29, 1.82) is 0 Å². The maximum atomic E-state index is 5.93. The third kappa shape index (κ3) is 4.35. The molecule has 90 valence electrons. The Morgan fingerprint density at radius 1 is 1.38 bits per heavy atom. The van der Waals surface area contributed by atoms with Crippen LogP contribution in [0.5, 0.6) is 0 Å². The highest BCUT2D eigenvalue weighted by atomic mass is 35.5. The van der Waals surface area contributed by atoms with Crippen LogP contribution >= 0.6 is 11.6 Å². The van der Waals surface area contributed by atoms with Gasteiger partial charge in [0.2, 0.25) is 0 Å². The Morgan fingerprint density at radius 3 is 2.69 bits per heavy atom. The molecule has 0 bridgehead atoms. The highest BCUT2D eigenvalue weighted by Gasteiger charge is 2.10. The van der Waals surface area contributed by atoms with Crippen molar-refractivity contribution in [2.45, 2.75) is 39.7 Å². The Bertz CT molecular complexity index is 315. The summed E-state index contributed by atoms with van der Waals surface area (Å²) in [4.78, 5) is 8.37. The number of nitrogens with zero attached hydrogens (tertiary/aromatic N) is 2. The topological polar surface area (TPSA) is 37.8 Å². The van der Waals surface area contributed by atoms with E-state index in [2.05, 4.69) is 36.1 Å². The van der Waals surface area contributed by atoms with Crippen molar-refractivity contribution in [3.63, 3.8) is 0 Å². The van der Waals surface area contributed by atoms with Crippen molar-refractivity contribution in [3.8, 4) is 0 Å². The summed E-state index contributed by atoms with van der Waals surface area (Å²) in [6.07, 6.45) is 3.57. The zero-order chi connectivity index (χ0) is 12.0. The molecule has 0 radical (unpaired) electrons. The summed E-state index contributed by atoms with van der Waals surface area (Å²) in [5, 5.41) is 3.35. The molecule has 0 spiro atoms. The van der Waals surface area contributed by atoms with Crippen LogP contribution in [0.3, 0.4) is 0 Å². The second-order valence-electron chi connectivity index (χ2n) is 4.37. The molecule has 1 aromatic heterocycles. The van der Waals surface area contributed by atoms with Crippen LogP contribution in [-0.2, 0) is 6.42 Å². The maximum absolute atomic E-state index is 5.93. The molecular formula is C12H20ClN3. The lowest BCUT2D eigenvalue weighted by Gasteiger charge is -2.18. The van der Waals surface area contributed by atoms with Gasteiger partial charge in [-0.1, -0.05) is 20.8 Å². The van der Waals surface area contributed by atoms with Gasteiger partial charge in [-0.3, -0.25) is 0 Å². The van der Waals surface area contributed by atoms with Crippen LogP contribution in [0.4, 0.5) is 5.82 Å². The van der Waals surface area contributed by atoms with Crippen LogP contribution < -0.4 is 5.32 Å². The van der Waals surface area contributed by atoms with Crippen LogP contribution in [0.2, 0.25) is 0 Å². The molecule has 0 aliphatic carbocycles. The summed E-state index contributed by atoms with van der Waals surface area (Å²) in [5.74, 6) is 2.10. The number of aryl methyl sites for hydroxylation is 1. The molecule has 0 saturated carbocycles. The molecule has 0 saturated heterocycles. The van der Waals surface area contributed by atoms with Gasteiger partial charge in [0, 0.05) is 23.7 Å². The molecule has 0 aliphatic rings. The fraction of sp³-hybridized carbons (Fsp3) is 0.667. The van der Waals surface area contributed by atoms with E-state index in [0.717, 1.165) is 24.4 Å². The fourth-order valence-corrected chi connectivity index (χ4v) is 1.81. The second-order valence-corrected chi connectivity index (χ2v) is 4.68. The van der Waals surface area contributed by atoms with Gasteiger partial charge in [0.05, 0.1) is 0 Å². The molecular weight excluding hydrogens is 222 g/mol. The molecule has 16 heavy (non-hydrogen) atoms. The normalized spacial score (nSPS) is 12.8. The molecule has 1 atom stereocenters. The lowest BCUT2D eigenvalue weighted by Crippen LogP contribution is -2.24. The Morgan fingerprint density at radius 2 is 2.12 bits per heavy atom. The molecule has 0 fully saturated rings. The number of hydrogen-bond acceptors (Lipinski definition) is 3. The number of aromatic nitrogens is 2. The van der Waals surface area contributed by atoms with Gasteiger partial charge in [0.15, 0.2) is 0 Å². The second kappa shape index (κ2) is 6.69. The van der Waals surface area contributed by atoms with E-state index in [1.165, 1.54) is 0 Å². The van der Waals surface area contributed by atoms with Crippen LogP contribution in [0.15, 0.2) is 12.4 Å². The van der Waals surface area contributed by atoms with Gasteiger partial charge in [-0.15, -0.1) is 11.6 Å². The molecule has 4 heteroatoms. The van der Waals surface area contributed by atoms with E-state index in [-0.39, 0.29) is 6.04 Å². The number of nitrogens with one attached hydrogen (secondary N) is 1. The SMILES string of the molecule is CCc1cc(NC(CCl)CC(C)C)ncn1. The predicted octanol–water partition coefficient (Wildman–Crippen LogP) is 3.10. The van der Waals surface area contributed by atoms with E-state index < -0.39 is 0 Å². The van der Waals surface area contributed by atoms with Gasteiger partial charge in [0.1, 0.15) is 12.1 Å². The van der Waals surface area contributed by atoms with E-state index in [1.54, 1.807) is 6.33 Å². The summed E-state index contributed by atoms with van der Waals surface area (Å²) in [6, 6.07) is 2.26. The van der Waals surface area contributed by atoms with Gasteiger partial charge in [0.25, 0.3) is 0 Å². The Hall–Kier alpha value is -0.830. The first-order valence-corrected chi connectivity index (χ1v) is 6.32. The number of halogens is 1. The van der Waals surface area contributed by atoms with Gasteiger partial charge >= 0.3 is 0 Å². The first-order valence-electron chi connectivity index (χ1n) is 5.79. The minimum absolute atomic E-state index is 0.279. The van der Waals surface area contributed by atoms with E-state index in [9.17, 15) is 0 Å². The molecule has 1 unspecified atom stereocenters. The van der Waals surface area contributed by atoms with Crippen molar-refractivity contribution in [2.24, 2.45) is 5.92 Å². The molecule has 0 amide bonds. The number of alkyl halides is 1. The van der Waals surface area contributed by atoms with Gasteiger partial charge in [-0.05, 0) is 18.8 Å². The van der Waals surface area contributed by atoms with Crippen LogP contribution in [-0.4, -0.2) is 21.9 Å². The Kier molecular flexibility index (Phi) is 5.53. The minimum atomic E-state index is 0.279. The lowest BCUT2D eigenvalue weighted by atomic mass is 10.1. The fourth-order valence-electron chi connectivity index (χ4n) is 1.61. The number of hydrogen-bond donors (Lipinski definition) is 1. The van der Waals surface area contributed by atoms with Crippen molar-refractivity contribution >= 4 is 17.4 Å². The van der Waals surface area contributed by atoms with Crippen molar-refractivity contribution in [1.82, 2.24) is 9.97 Å². The van der Waals surface area contributed by atoms with Crippen LogP contribution in [0.1, 0.15) is 32.9 Å². The molecule has 1 heterocycles. The number of anilines is 1. The van der Waals surface area contributed by atoms with Crippen LogP contribution in [0.25, 0.3) is 0 Å². The smallest absolute Gasteiger partial charge is 0.129 e. The van der Waals surface area contributed by atoms with Crippen molar-refractivity contribution in [2.75, 3.05) is 11.2 Å². The highest BCUT2D eigenvalue weighted by molar-refractivity contribution is 6.18. The molecule has 0 aliphatic heterocycles. The molecule has 0 aromatic carbocycles. The van der Waals surface area contributed by atoms with Gasteiger partial charge in [-0.25, -0.2) is 9.97 Å². The first kappa shape index (κ1) is 13.2. The average Bonchev–Trinajstić information content (AvgIpc) is 2.28. The van der Waals surface area contributed by atoms with Crippen molar-refractivity contribution < 1.29 is 0 Å². The molecule has 3 nitrogen and oxygen atoms in total. The Balaban J connectivity index is 2.62. The molecule has 1 aromatic rings. The van der Waals surface area contributed by atoms with Gasteiger partial charge < -0.3 is 5.32 Å². The van der Waals surface area contributed by atoms with Gasteiger partial charge in [-0.2, -0.15) is 0 Å². The quantitative estimate of drug-likeness (QED) is 0.778. The number of rotatable bonds is 6. The van der Waals surface area contributed by atoms with E-state index in [0.29, 0.717) is 11.8 Å².